The largest absolute Gasteiger partial charge is 0.465 e. The molecule has 1 saturated carbocycles. The number of likely N-dealkylation sites (tertiary alicyclic amines) is 1. The molecule has 1 aliphatic heterocycles. The van der Waals surface area contributed by atoms with Crippen LogP contribution < -0.4 is 16.4 Å². The molecule has 0 bridgehead atoms. The van der Waals surface area contributed by atoms with E-state index in [9.17, 15) is 24.0 Å². The number of amides is 3. The lowest BCUT2D eigenvalue weighted by Crippen LogP contribution is -2.58. The molecule has 2 unspecified atom stereocenters. The molecule has 1 heterocycles. The molecule has 1 aromatic rings. The summed E-state index contributed by atoms with van der Waals surface area (Å²) in [4.78, 5) is 64.6. The number of ether oxygens (including phenoxy) is 2. The summed E-state index contributed by atoms with van der Waals surface area (Å²) >= 11 is 0. The molecule has 4 atom stereocenters. The molecular weight excluding hydrogens is 480 g/mol. The van der Waals surface area contributed by atoms with Gasteiger partial charge >= 0.3 is 12.1 Å². The van der Waals surface area contributed by atoms with Crippen LogP contribution in [0.25, 0.3) is 0 Å². The van der Waals surface area contributed by atoms with Crippen molar-refractivity contribution >= 4 is 29.7 Å². The van der Waals surface area contributed by atoms with E-state index in [0.29, 0.717) is 38.6 Å². The van der Waals surface area contributed by atoms with Crippen LogP contribution in [0.3, 0.4) is 0 Å². The van der Waals surface area contributed by atoms with Crippen molar-refractivity contribution in [2.45, 2.75) is 70.2 Å². The summed E-state index contributed by atoms with van der Waals surface area (Å²) in [6, 6.07) is 7.48. The van der Waals surface area contributed by atoms with E-state index in [2.05, 4.69) is 10.6 Å². The van der Waals surface area contributed by atoms with Gasteiger partial charge < -0.3 is 30.7 Å². The summed E-state index contributed by atoms with van der Waals surface area (Å²) < 4.78 is 10.2. The number of Topliss-reactive ketones (excluding diaryl/α,β-unsaturated/α-hetero) is 1. The van der Waals surface area contributed by atoms with Crippen molar-refractivity contribution in [2.24, 2.45) is 11.7 Å². The van der Waals surface area contributed by atoms with Crippen LogP contribution in [-0.4, -0.2) is 71.9 Å². The first-order chi connectivity index (χ1) is 17.7. The van der Waals surface area contributed by atoms with Gasteiger partial charge in [-0.3, -0.25) is 19.2 Å². The van der Waals surface area contributed by atoms with Gasteiger partial charge in [0.25, 0.3) is 0 Å². The monoisotopic (exact) mass is 516 g/mol. The third-order valence-corrected chi connectivity index (χ3v) is 6.96. The highest BCUT2D eigenvalue weighted by Gasteiger charge is 2.51. The number of nitrogens with one attached hydrogen (secondary N) is 2. The molecule has 0 spiro atoms. The van der Waals surface area contributed by atoms with Crippen molar-refractivity contribution < 1.29 is 33.4 Å². The number of ketones is 1. The number of carbonyl (C=O) groups excluding carboxylic acids is 5. The van der Waals surface area contributed by atoms with Gasteiger partial charge in [-0.25, -0.2) is 4.79 Å². The Balaban J connectivity index is 1.50. The van der Waals surface area contributed by atoms with Gasteiger partial charge in [0.2, 0.25) is 11.8 Å². The Hall–Kier alpha value is -3.47. The number of rotatable bonds is 10. The van der Waals surface area contributed by atoms with Crippen molar-refractivity contribution in [1.82, 2.24) is 15.5 Å². The van der Waals surface area contributed by atoms with Gasteiger partial charge in [0.1, 0.15) is 24.7 Å². The van der Waals surface area contributed by atoms with Gasteiger partial charge in [0, 0.05) is 12.5 Å². The number of nitrogens with zero attached hydrogens (tertiary/aromatic N) is 1. The summed E-state index contributed by atoms with van der Waals surface area (Å²) in [5, 5.41) is 5.11. The predicted octanol–water partition coefficient (Wildman–Crippen LogP) is 1.04. The highest BCUT2D eigenvalue weighted by Crippen LogP contribution is 2.36. The fraction of sp³-hybridized carbons (Fsp3) is 0.577. The number of hydrogen-bond donors (Lipinski definition) is 3. The van der Waals surface area contributed by atoms with E-state index in [4.69, 9.17) is 15.2 Å². The van der Waals surface area contributed by atoms with Crippen molar-refractivity contribution in [3.05, 3.63) is 35.9 Å². The highest BCUT2D eigenvalue weighted by molar-refractivity contribution is 5.98. The van der Waals surface area contributed by atoms with Crippen molar-refractivity contribution in [3.8, 4) is 0 Å². The molecule has 2 fully saturated rings. The van der Waals surface area contributed by atoms with Gasteiger partial charge in [-0.05, 0) is 45.1 Å². The maximum absolute atomic E-state index is 13.1. The summed E-state index contributed by atoms with van der Waals surface area (Å²) in [6.07, 6.45) is 1.70. The maximum Gasteiger partial charge on any atom is 0.407 e. The van der Waals surface area contributed by atoms with Gasteiger partial charge in [-0.1, -0.05) is 36.8 Å². The molecule has 0 radical (unpaired) electrons. The topological polar surface area (TPSA) is 157 Å². The zero-order valence-corrected chi connectivity index (χ0v) is 21.4. The quantitative estimate of drug-likeness (QED) is 0.389. The lowest BCUT2D eigenvalue weighted by atomic mass is 9.82. The standard InChI is InChI=1S/C26H36N4O7/c1-3-36-24(34)26(27)13-7-11-19(26)22(32)17(2)29-23(33)20-12-8-14-30(20)21(31)15-28-25(35)37-16-18-9-5-4-6-10-18/h4-6,9-10,17,19-20H,3,7-8,11-16,27H2,1-2H3,(H,28,35)(H,29,33)/t17-,19?,20-,26?/m0/s1. The molecular formula is C26H36N4O7. The van der Waals surface area contributed by atoms with Crippen LogP contribution >= 0.6 is 0 Å². The van der Waals surface area contributed by atoms with Crippen LogP contribution in [0.1, 0.15) is 51.5 Å². The molecule has 1 aliphatic carbocycles. The van der Waals surface area contributed by atoms with Crippen LogP contribution in [0, 0.1) is 5.92 Å². The molecule has 4 N–H and O–H groups in total. The first-order valence-electron chi connectivity index (χ1n) is 12.7. The zero-order chi connectivity index (χ0) is 27.0. The molecule has 37 heavy (non-hydrogen) atoms. The van der Waals surface area contributed by atoms with Crippen LogP contribution in [0.15, 0.2) is 30.3 Å². The number of alkyl carbamates (subject to hydrolysis) is 1. The van der Waals surface area contributed by atoms with Gasteiger partial charge in [-0.15, -0.1) is 0 Å². The Morgan fingerprint density at radius 2 is 1.84 bits per heavy atom. The Morgan fingerprint density at radius 3 is 2.54 bits per heavy atom. The van der Waals surface area contributed by atoms with Crippen molar-refractivity contribution in [1.29, 1.82) is 0 Å². The van der Waals surface area contributed by atoms with E-state index >= 15 is 0 Å². The lowest BCUT2D eigenvalue weighted by Gasteiger charge is -2.30. The second-order valence-electron chi connectivity index (χ2n) is 9.50. The first-order valence-corrected chi connectivity index (χ1v) is 12.7. The highest BCUT2D eigenvalue weighted by atomic mass is 16.5. The smallest absolute Gasteiger partial charge is 0.407 e. The third kappa shape index (κ3) is 6.85. The summed E-state index contributed by atoms with van der Waals surface area (Å²) in [5.41, 5.74) is 5.71. The Bertz CT molecular complexity index is 1000. The van der Waals surface area contributed by atoms with Gasteiger partial charge in [-0.2, -0.15) is 0 Å². The van der Waals surface area contributed by atoms with E-state index in [1.807, 2.05) is 30.3 Å². The Morgan fingerprint density at radius 1 is 1.11 bits per heavy atom. The van der Waals surface area contributed by atoms with Crippen LogP contribution in [0.2, 0.25) is 0 Å². The van der Waals surface area contributed by atoms with E-state index in [1.165, 1.54) is 4.90 Å². The molecule has 3 amide bonds. The minimum atomic E-state index is -1.40. The normalized spacial score (nSPS) is 23.7. The van der Waals surface area contributed by atoms with Gasteiger partial charge in [0.05, 0.1) is 12.6 Å². The predicted molar refractivity (Wildman–Crippen MR) is 133 cm³/mol. The Labute approximate surface area is 216 Å². The Kier molecular flexibility index (Phi) is 9.62. The number of carbonyl (C=O) groups is 5. The fourth-order valence-corrected chi connectivity index (χ4v) is 4.98. The minimum Gasteiger partial charge on any atom is -0.465 e. The number of benzene rings is 1. The van der Waals surface area contributed by atoms with Crippen LogP contribution in [-0.2, 0) is 35.3 Å². The zero-order valence-electron chi connectivity index (χ0n) is 21.4. The minimum absolute atomic E-state index is 0.0722. The number of hydrogen-bond acceptors (Lipinski definition) is 8. The molecule has 11 nitrogen and oxygen atoms in total. The molecule has 1 aromatic carbocycles. The summed E-state index contributed by atoms with van der Waals surface area (Å²) in [7, 11) is 0. The fourth-order valence-electron chi connectivity index (χ4n) is 4.98. The number of nitrogens with two attached hydrogens (primary N) is 1. The third-order valence-electron chi connectivity index (χ3n) is 6.96. The number of esters is 1. The van der Waals surface area contributed by atoms with Crippen LogP contribution in [0.5, 0.6) is 0 Å². The first kappa shape index (κ1) is 28.1. The van der Waals surface area contributed by atoms with Crippen molar-refractivity contribution in [3.63, 3.8) is 0 Å². The lowest BCUT2D eigenvalue weighted by molar-refractivity contribution is -0.153. The summed E-state index contributed by atoms with van der Waals surface area (Å²) in [6.45, 7) is 3.50. The molecule has 0 aromatic heterocycles. The van der Waals surface area contributed by atoms with E-state index in [-0.39, 0.29) is 25.5 Å². The molecule has 2 aliphatic rings. The molecule has 1 saturated heterocycles. The van der Waals surface area contributed by atoms with E-state index in [0.717, 1.165) is 5.56 Å². The van der Waals surface area contributed by atoms with E-state index < -0.39 is 47.4 Å². The van der Waals surface area contributed by atoms with Gasteiger partial charge in [0.15, 0.2) is 5.78 Å². The second-order valence-corrected chi connectivity index (χ2v) is 9.50. The average Bonchev–Trinajstić information content (AvgIpc) is 3.54. The molecule has 3 rings (SSSR count). The van der Waals surface area contributed by atoms with E-state index in [1.54, 1.807) is 13.8 Å². The van der Waals surface area contributed by atoms with Crippen LogP contribution in [0.4, 0.5) is 4.79 Å². The summed E-state index contributed by atoms with van der Waals surface area (Å²) in [5.74, 6) is -2.58. The average molecular weight is 517 g/mol. The molecule has 202 valence electrons. The van der Waals surface area contributed by atoms with Crippen molar-refractivity contribution in [2.75, 3.05) is 19.7 Å². The SMILES string of the molecule is CCOC(=O)C1(N)CCCC1C(=O)[C@H](C)NC(=O)[C@@H]1CCCN1C(=O)CNC(=O)OCc1ccccc1. The second kappa shape index (κ2) is 12.7. The molecule has 11 heteroatoms. The maximum atomic E-state index is 13.1.